The van der Waals surface area contributed by atoms with Crippen molar-refractivity contribution in [1.29, 1.82) is 0 Å². The number of ether oxygens (including phenoxy) is 1. The van der Waals surface area contributed by atoms with Crippen molar-refractivity contribution in [2.75, 3.05) is 0 Å². The van der Waals surface area contributed by atoms with Gasteiger partial charge in [0.2, 0.25) is 0 Å². The quantitative estimate of drug-likeness (QED) is 0.867. The molecule has 0 atom stereocenters. The van der Waals surface area contributed by atoms with Crippen LogP contribution in [0.25, 0.3) is 0 Å². The van der Waals surface area contributed by atoms with Crippen LogP contribution in [0.1, 0.15) is 29.4 Å². The predicted octanol–water partition coefficient (Wildman–Crippen LogP) is 2.57. The van der Waals surface area contributed by atoms with Crippen molar-refractivity contribution in [3.8, 4) is 5.75 Å². The van der Waals surface area contributed by atoms with E-state index in [-0.39, 0.29) is 5.69 Å². The zero-order valence-electron chi connectivity index (χ0n) is 10.7. The molecule has 0 aliphatic carbocycles. The lowest BCUT2D eigenvalue weighted by atomic mass is 10.2. The number of hydrogen-bond acceptors (Lipinski definition) is 3. The Hall–Kier alpha value is -2.30. The smallest absolute Gasteiger partial charge is 0.358 e. The molecule has 1 heterocycles. The SMILES string of the molecule is CCCn1ncc(OCc2ccccc2)c1C(=O)O. The first-order chi connectivity index (χ1) is 9.22. The average Bonchev–Trinajstić information content (AvgIpc) is 2.81. The van der Waals surface area contributed by atoms with Gasteiger partial charge in [0, 0.05) is 6.54 Å². The fraction of sp³-hybridized carbons (Fsp3) is 0.286. The zero-order valence-corrected chi connectivity index (χ0v) is 10.7. The molecule has 2 rings (SSSR count). The van der Waals surface area contributed by atoms with Crippen LogP contribution in [0.3, 0.4) is 0 Å². The van der Waals surface area contributed by atoms with Crippen molar-refractivity contribution in [3.05, 3.63) is 47.8 Å². The van der Waals surface area contributed by atoms with E-state index < -0.39 is 5.97 Å². The standard InChI is InChI=1S/C14H16N2O3/c1-2-8-16-13(14(17)18)12(9-15-16)19-10-11-6-4-3-5-7-11/h3-7,9H,2,8,10H2,1H3,(H,17,18). The highest BCUT2D eigenvalue weighted by atomic mass is 16.5. The Morgan fingerprint density at radius 1 is 1.37 bits per heavy atom. The lowest BCUT2D eigenvalue weighted by Crippen LogP contribution is -2.11. The number of aryl methyl sites for hydroxylation is 1. The van der Waals surface area contributed by atoms with E-state index in [0.29, 0.717) is 18.9 Å². The highest BCUT2D eigenvalue weighted by Crippen LogP contribution is 2.19. The monoisotopic (exact) mass is 260 g/mol. The van der Waals surface area contributed by atoms with Gasteiger partial charge in [-0.1, -0.05) is 37.3 Å². The van der Waals surface area contributed by atoms with Crippen molar-refractivity contribution in [3.63, 3.8) is 0 Å². The van der Waals surface area contributed by atoms with Gasteiger partial charge in [0.25, 0.3) is 0 Å². The number of carbonyl (C=O) groups is 1. The molecular weight excluding hydrogens is 244 g/mol. The van der Waals surface area contributed by atoms with Crippen molar-refractivity contribution in [2.45, 2.75) is 26.5 Å². The van der Waals surface area contributed by atoms with Gasteiger partial charge >= 0.3 is 5.97 Å². The van der Waals surface area contributed by atoms with E-state index in [9.17, 15) is 9.90 Å². The molecule has 1 aromatic carbocycles. The maximum Gasteiger partial charge on any atom is 0.358 e. The van der Waals surface area contributed by atoms with Crippen molar-refractivity contribution in [1.82, 2.24) is 9.78 Å². The van der Waals surface area contributed by atoms with Crippen LogP contribution in [0, 0.1) is 0 Å². The summed E-state index contributed by atoms with van der Waals surface area (Å²) in [6, 6.07) is 9.61. The van der Waals surface area contributed by atoms with Gasteiger partial charge in [0.1, 0.15) is 6.61 Å². The van der Waals surface area contributed by atoms with Crippen LogP contribution in [-0.4, -0.2) is 20.9 Å². The maximum atomic E-state index is 11.2. The largest absolute Gasteiger partial charge is 0.485 e. The van der Waals surface area contributed by atoms with Gasteiger partial charge in [0.05, 0.1) is 6.20 Å². The lowest BCUT2D eigenvalue weighted by molar-refractivity contribution is 0.0677. The van der Waals surface area contributed by atoms with Crippen LogP contribution in [0.4, 0.5) is 0 Å². The minimum Gasteiger partial charge on any atom is -0.485 e. The number of carboxylic acids is 1. The number of rotatable bonds is 6. The molecule has 0 aliphatic rings. The molecule has 2 aromatic rings. The summed E-state index contributed by atoms with van der Waals surface area (Å²) in [6.45, 7) is 2.87. The van der Waals surface area contributed by atoms with Crippen LogP contribution in [-0.2, 0) is 13.2 Å². The molecule has 0 saturated carbocycles. The molecule has 19 heavy (non-hydrogen) atoms. The van der Waals surface area contributed by atoms with Crippen molar-refractivity contribution in [2.24, 2.45) is 0 Å². The van der Waals surface area contributed by atoms with Crippen LogP contribution in [0.2, 0.25) is 0 Å². The Bertz CT molecular complexity index is 549. The van der Waals surface area contributed by atoms with Gasteiger partial charge in [0.15, 0.2) is 11.4 Å². The molecule has 1 aromatic heterocycles. The van der Waals surface area contributed by atoms with E-state index in [0.717, 1.165) is 12.0 Å². The molecule has 0 radical (unpaired) electrons. The Labute approximate surface area is 111 Å². The van der Waals surface area contributed by atoms with Crippen LogP contribution >= 0.6 is 0 Å². The highest BCUT2D eigenvalue weighted by molar-refractivity contribution is 5.88. The molecule has 0 aliphatic heterocycles. The van der Waals surface area contributed by atoms with Gasteiger partial charge in [-0.25, -0.2) is 4.79 Å². The maximum absolute atomic E-state index is 11.2. The minimum absolute atomic E-state index is 0.109. The van der Waals surface area contributed by atoms with Gasteiger partial charge < -0.3 is 9.84 Å². The van der Waals surface area contributed by atoms with E-state index in [1.165, 1.54) is 10.9 Å². The Morgan fingerprint density at radius 3 is 2.74 bits per heavy atom. The third-order valence-corrected chi connectivity index (χ3v) is 2.68. The van der Waals surface area contributed by atoms with E-state index in [1.54, 1.807) is 0 Å². The van der Waals surface area contributed by atoms with Crippen molar-refractivity contribution < 1.29 is 14.6 Å². The second kappa shape index (κ2) is 6.04. The number of aromatic carboxylic acids is 1. The molecule has 0 fully saturated rings. The Morgan fingerprint density at radius 2 is 2.11 bits per heavy atom. The molecule has 5 nitrogen and oxygen atoms in total. The van der Waals surface area contributed by atoms with Gasteiger partial charge in [-0.15, -0.1) is 0 Å². The summed E-state index contributed by atoms with van der Waals surface area (Å²) in [4.78, 5) is 11.2. The fourth-order valence-corrected chi connectivity index (χ4v) is 1.81. The van der Waals surface area contributed by atoms with E-state index in [4.69, 9.17) is 4.74 Å². The summed E-state index contributed by atoms with van der Waals surface area (Å²) in [5, 5.41) is 13.3. The third-order valence-electron chi connectivity index (χ3n) is 2.68. The Kier molecular flexibility index (Phi) is 4.18. The van der Waals surface area contributed by atoms with Crippen molar-refractivity contribution >= 4 is 5.97 Å². The Balaban J connectivity index is 2.14. The van der Waals surface area contributed by atoms with Gasteiger partial charge in [-0.3, -0.25) is 4.68 Å². The number of carboxylic acid groups (broad SMARTS) is 1. The van der Waals surface area contributed by atoms with Crippen LogP contribution < -0.4 is 4.74 Å². The summed E-state index contributed by atoms with van der Waals surface area (Å²) in [5.41, 5.74) is 1.10. The zero-order chi connectivity index (χ0) is 13.7. The number of nitrogens with zero attached hydrogens (tertiary/aromatic N) is 2. The first-order valence-corrected chi connectivity index (χ1v) is 6.18. The molecular formula is C14H16N2O3. The molecule has 1 N–H and O–H groups in total. The molecule has 0 spiro atoms. The summed E-state index contributed by atoms with van der Waals surface area (Å²) in [5.74, 6) is -0.709. The number of aromatic nitrogens is 2. The summed E-state index contributed by atoms with van der Waals surface area (Å²) >= 11 is 0. The van der Waals surface area contributed by atoms with E-state index >= 15 is 0 Å². The minimum atomic E-state index is -1.02. The molecule has 0 unspecified atom stereocenters. The summed E-state index contributed by atoms with van der Waals surface area (Å²) in [7, 11) is 0. The first-order valence-electron chi connectivity index (χ1n) is 6.18. The molecule has 100 valence electrons. The first kappa shape index (κ1) is 13.1. The highest BCUT2D eigenvalue weighted by Gasteiger charge is 2.18. The van der Waals surface area contributed by atoms with E-state index in [1.807, 2.05) is 37.3 Å². The topological polar surface area (TPSA) is 64.4 Å². The molecule has 0 saturated heterocycles. The van der Waals surface area contributed by atoms with Gasteiger partial charge in [-0.05, 0) is 12.0 Å². The second-order valence-corrected chi connectivity index (χ2v) is 4.16. The number of hydrogen-bond donors (Lipinski definition) is 1. The summed E-state index contributed by atoms with van der Waals surface area (Å²) in [6.07, 6.45) is 2.28. The lowest BCUT2D eigenvalue weighted by Gasteiger charge is -2.06. The van der Waals surface area contributed by atoms with E-state index in [2.05, 4.69) is 5.10 Å². The van der Waals surface area contributed by atoms with Gasteiger partial charge in [-0.2, -0.15) is 5.10 Å². The fourth-order valence-electron chi connectivity index (χ4n) is 1.81. The van der Waals surface area contributed by atoms with Crippen LogP contribution in [0.5, 0.6) is 5.75 Å². The number of benzene rings is 1. The summed E-state index contributed by atoms with van der Waals surface area (Å²) < 4.78 is 7.01. The third kappa shape index (κ3) is 3.13. The molecule has 0 bridgehead atoms. The second-order valence-electron chi connectivity index (χ2n) is 4.16. The molecule has 0 amide bonds. The normalized spacial score (nSPS) is 10.4. The van der Waals surface area contributed by atoms with Crippen LogP contribution in [0.15, 0.2) is 36.5 Å². The molecule has 5 heteroatoms. The average molecular weight is 260 g/mol. The predicted molar refractivity (Wildman–Crippen MR) is 70.3 cm³/mol.